The van der Waals surface area contributed by atoms with Crippen molar-refractivity contribution in [1.29, 1.82) is 0 Å². The molecule has 0 aliphatic rings. The fourth-order valence-corrected chi connectivity index (χ4v) is 2.20. The Labute approximate surface area is 84.7 Å². The number of aromatic amines is 1. The SMILES string of the molecule is CSc1cc2[nH]ncc2c(SC)n1. The molecule has 0 spiro atoms. The minimum Gasteiger partial charge on any atom is -0.278 e. The van der Waals surface area contributed by atoms with Crippen LogP contribution in [0, 0.1) is 0 Å². The molecule has 3 nitrogen and oxygen atoms in total. The highest BCUT2D eigenvalue weighted by atomic mass is 32.2. The number of nitrogens with one attached hydrogen (secondary N) is 1. The average Bonchev–Trinajstić information content (AvgIpc) is 2.63. The van der Waals surface area contributed by atoms with Crippen LogP contribution in [0.2, 0.25) is 0 Å². The number of nitrogens with zero attached hydrogens (tertiary/aromatic N) is 2. The van der Waals surface area contributed by atoms with Gasteiger partial charge in [0.25, 0.3) is 0 Å². The zero-order valence-corrected chi connectivity index (χ0v) is 9.00. The van der Waals surface area contributed by atoms with E-state index in [-0.39, 0.29) is 0 Å². The van der Waals surface area contributed by atoms with E-state index >= 15 is 0 Å². The van der Waals surface area contributed by atoms with Gasteiger partial charge >= 0.3 is 0 Å². The highest BCUT2D eigenvalue weighted by molar-refractivity contribution is 7.99. The standard InChI is InChI=1S/C8H9N3S2/c1-12-7-3-6-5(4-9-11-6)8(10-7)13-2/h3-4H,1-2H3,(H,9,11). The summed E-state index contributed by atoms with van der Waals surface area (Å²) in [4.78, 5) is 4.48. The lowest BCUT2D eigenvalue weighted by molar-refractivity contribution is 1.04. The van der Waals surface area contributed by atoms with Crippen molar-refractivity contribution < 1.29 is 0 Å². The third kappa shape index (κ3) is 1.53. The first-order chi connectivity index (χ1) is 6.35. The number of hydrogen-bond acceptors (Lipinski definition) is 4. The lowest BCUT2D eigenvalue weighted by Gasteiger charge is -2.00. The van der Waals surface area contributed by atoms with Gasteiger partial charge in [0, 0.05) is 0 Å². The summed E-state index contributed by atoms with van der Waals surface area (Å²) in [5.74, 6) is 0. The minimum atomic E-state index is 1.03. The average molecular weight is 211 g/mol. The van der Waals surface area contributed by atoms with Crippen LogP contribution >= 0.6 is 23.5 Å². The summed E-state index contributed by atoms with van der Waals surface area (Å²) >= 11 is 3.29. The second-order valence-electron chi connectivity index (χ2n) is 2.51. The second kappa shape index (κ2) is 3.59. The van der Waals surface area contributed by atoms with Crippen molar-refractivity contribution in [2.45, 2.75) is 10.1 Å². The number of fused-ring (bicyclic) bond motifs is 1. The van der Waals surface area contributed by atoms with E-state index in [4.69, 9.17) is 0 Å². The summed E-state index contributed by atoms with van der Waals surface area (Å²) in [6.07, 6.45) is 5.87. The maximum absolute atomic E-state index is 4.48. The summed E-state index contributed by atoms with van der Waals surface area (Å²) in [6, 6.07) is 2.02. The van der Waals surface area contributed by atoms with E-state index in [1.165, 1.54) is 0 Å². The second-order valence-corrected chi connectivity index (χ2v) is 4.13. The molecule has 0 fully saturated rings. The largest absolute Gasteiger partial charge is 0.278 e. The van der Waals surface area contributed by atoms with E-state index in [1.807, 2.05) is 24.8 Å². The third-order valence-corrected chi connectivity index (χ3v) is 3.11. The summed E-state index contributed by atoms with van der Waals surface area (Å²) < 4.78 is 0. The predicted octanol–water partition coefficient (Wildman–Crippen LogP) is 2.40. The molecule has 0 amide bonds. The Hall–Kier alpha value is -0.680. The maximum atomic E-state index is 4.48. The Balaban J connectivity index is 2.70. The van der Waals surface area contributed by atoms with Gasteiger partial charge in [-0.1, -0.05) is 0 Å². The summed E-state index contributed by atoms with van der Waals surface area (Å²) in [7, 11) is 0. The highest BCUT2D eigenvalue weighted by Crippen LogP contribution is 2.26. The molecule has 0 aromatic carbocycles. The monoisotopic (exact) mass is 211 g/mol. The van der Waals surface area contributed by atoms with E-state index in [0.29, 0.717) is 0 Å². The van der Waals surface area contributed by atoms with Gasteiger partial charge in [-0.25, -0.2) is 4.98 Å². The van der Waals surface area contributed by atoms with Crippen molar-refractivity contribution in [2.75, 3.05) is 12.5 Å². The molecule has 2 aromatic rings. The molecular weight excluding hydrogens is 202 g/mol. The molecule has 13 heavy (non-hydrogen) atoms. The molecule has 2 heterocycles. The third-order valence-electron chi connectivity index (χ3n) is 1.78. The van der Waals surface area contributed by atoms with Crippen LogP contribution in [-0.4, -0.2) is 27.7 Å². The van der Waals surface area contributed by atoms with Crippen LogP contribution in [0.15, 0.2) is 22.3 Å². The van der Waals surface area contributed by atoms with Crippen molar-refractivity contribution in [2.24, 2.45) is 0 Å². The quantitative estimate of drug-likeness (QED) is 0.774. The predicted molar refractivity (Wildman–Crippen MR) is 57.5 cm³/mol. The molecule has 5 heteroatoms. The van der Waals surface area contributed by atoms with E-state index in [2.05, 4.69) is 15.2 Å². The lowest BCUT2D eigenvalue weighted by atomic mass is 10.3. The smallest absolute Gasteiger partial charge is 0.108 e. The van der Waals surface area contributed by atoms with Gasteiger partial charge in [-0.15, -0.1) is 23.5 Å². The number of pyridine rings is 1. The van der Waals surface area contributed by atoms with Crippen molar-refractivity contribution in [3.05, 3.63) is 12.3 Å². The Morgan fingerprint density at radius 2 is 2.15 bits per heavy atom. The molecule has 0 aliphatic heterocycles. The first kappa shape index (κ1) is 8.90. The van der Waals surface area contributed by atoms with Crippen LogP contribution in [0.25, 0.3) is 10.9 Å². The Morgan fingerprint density at radius 1 is 1.31 bits per heavy atom. The zero-order chi connectivity index (χ0) is 9.26. The summed E-state index contributed by atoms with van der Waals surface area (Å²) in [6.45, 7) is 0. The zero-order valence-electron chi connectivity index (χ0n) is 7.37. The number of rotatable bonds is 2. The van der Waals surface area contributed by atoms with Crippen molar-refractivity contribution in [1.82, 2.24) is 15.2 Å². The normalized spacial score (nSPS) is 10.9. The number of thioether (sulfide) groups is 2. The highest BCUT2D eigenvalue weighted by Gasteiger charge is 2.05. The van der Waals surface area contributed by atoms with Crippen molar-refractivity contribution in [3.63, 3.8) is 0 Å². The summed E-state index contributed by atoms with van der Waals surface area (Å²) in [5.41, 5.74) is 1.06. The lowest BCUT2D eigenvalue weighted by Crippen LogP contribution is -1.83. The molecule has 0 aliphatic carbocycles. The molecule has 2 rings (SSSR count). The molecule has 68 valence electrons. The van der Waals surface area contributed by atoms with Crippen molar-refractivity contribution in [3.8, 4) is 0 Å². The maximum Gasteiger partial charge on any atom is 0.108 e. The molecule has 0 saturated heterocycles. The van der Waals surface area contributed by atoms with Gasteiger partial charge in [0.05, 0.1) is 22.1 Å². The van der Waals surface area contributed by atoms with Crippen molar-refractivity contribution >= 4 is 34.4 Å². The Bertz CT molecular complexity index is 424. The molecule has 0 bridgehead atoms. The summed E-state index contributed by atoms with van der Waals surface area (Å²) in [5, 5.41) is 10.1. The van der Waals surface area contributed by atoms with Crippen LogP contribution in [0.1, 0.15) is 0 Å². The first-order valence-electron chi connectivity index (χ1n) is 3.77. The van der Waals surface area contributed by atoms with Gasteiger partial charge in [0.15, 0.2) is 0 Å². The first-order valence-corrected chi connectivity index (χ1v) is 6.22. The molecule has 0 radical (unpaired) electrons. The van der Waals surface area contributed by atoms with Gasteiger partial charge in [-0.05, 0) is 18.6 Å². The molecular formula is C8H9N3S2. The van der Waals surface area contributed by atoms with Crippen LogP contribution in [0.5, 0.6) is 0 Å². The molecule has 0 atom stereocenters. The number of aromatic nitrogens is 3. The van der Waals surface area contributed by atoms with E-state index in [1.54, 1.807) is 23.5 Å². The van der Waals surface area contributed by atoms with Crippen LogP contribution in [0.4, 0.5) is 0 Å². The minimum absolute atomic E-state index is 1.03. The van der Waals surface area contributed by atoms with Gasteiger partial charge in [0.2, 0.25) is 0 Å². The van der Waals surface area contributed by atoms with Gasteiger partial charge in [-0.3, -0.25) is 5.10 Å². The van der Waals surface area contributed by atoms with E-state index in [9.17, 15) is 0 Å². The number of hydrogen-bond donors (Lipinski definition) is 1. The topological polar surface area (TPSA) is 41.6 Å². The van der Waals surface area contributed by atoms with Crippen LogP contribution in [-0.2, 0) is 0 Å². The fraction of sp³-hybridized carbons (Fsp3) is 0.250. The van der Waals surface area contributed by atoms with Gasteiger partial charge in [0.1, 0.15) is 5.03 Å². The number of H-pyrrole nitrogens is 1. The van der Waals surface area contributed by atoms with Crippen LogP contribution in [0.3, 0.4) is 0 Å². The molecule has 2 aromatic heterocycles. The molecule has 0 saturated carbocycles. The van der Waals surface area contributed by atoms with Gasteiger partial charge < -0.3 is 0 Å². The van der Waals surface area contributed by atoms with Crippen LogP contribution < -0.4 is 0 Å². The molecule has 1 N–H and O–H groups in total. The molecule has 0 unspecified atom stereocenters. The fourth-order valence-electron chi connectivity index (χ4n) is 1.15. The van der Waals surface area contributed by atoms with Gasteiger partial charge in [-0.2, -0.15) is 5.10 Å². The van der Waals surface area contributed by atoms with E-state index in [0.717, 1.165) is 21.0 Å². The Kier molecular flexibility index (Phi) is 2.46. The van der Waals surface area contributed by atoms with E-state index < -0.39 is 0 Å². The Morgan fingerprint density at radius 3 is 2.85 bits per heavy atom.